The third-order valence-corrected chi connectivity index (χ3v) is 6.93. The summed E-state index contributed by atoms with van der Waals surface area (Å²) in [5, 5.41) is 13.8. The van der Waals surface area contributed by atoms with E-state index in [2.05, 4.69) is 32.6 Å². The Morgan fingerprint density at radius 2 is 1.81 bits per heavy atom. The van der Waals surface area contributed by atoms with Crippen molar-refractivity contribution in [3.8, 4) is 22.8 Å². The fourth-order valence-electron chi connectivity index (χ4n) is 4.15. The predicted molar refractivity (Wildman–Crippen MR) is 144 cm³/mol. The lowest BCUT2D eigenvalue weighted by molar-refractivity contribution is -0.118. The molecular formula is C28H27N5O2S. The first-order valence-corrected chi connectivity index (χ1v) is 12.7. The second-order valence-electron chi connectivity index (χ2n) is 8.43. The van der Waals surface area contributed by atoms with Crippen molar-refractivity contribution in [2.75, 3.05) is 19.4 Å². The molecule has 0 bridgehead atoms. The van der Waals surface area contributed by atoms with Crippen LogP contribution in [0.4, 0.5) is 0 Å². The summed E-state index contributed by atoms with van der Waals surface area (Å²) < 4.78 is 7.54. The molecule has 0 saturated heterocycles. The van der Waals surface area contributed by atoms with Crippen LogP contribution in [0, 0.1) is 6.92 Å². The molecule has 1 amide bonds. The molecule has 0 aliphatic rings. The zero-order chi connectivity index (χ0) is 24.9. The van der Waals surface area contributed by atoms with Gasteiger partial charge in [0.05, 0.1) is 18.4 Å². The number of nitrogens with one attached hydrogen (secondary N) is 2. The molecule has 0 saturated carbocycles. The van der Waals surface area contributed by atoms with Crippen LogP contribution in [0.5, 0.6) is 5.75 Å². The largest absolute Gasteiger partial charge is 0.496 e. The molecule has 0 aliphatic heterocycles. The Kier molecular flexibility index (Phi) is 7.04. The van der Waals surface area contributed by atoms with E-state index in [0.29, 0.717) is 23.3 Å². The van der Waals surface area contributed by atoms with Crippen molar-refractivity contribution in [3.63, 3.8) is 0 Å². The van der Waals surface area contributed by atoms with E-state index < -0.39 is 0 Å². The number of ether oxygens (including phenoxy) is 1. The Hall–Kier alpha value is -4.04. The van der Waals surface area contributed by atoms with Gasteiger partial charge in [-0.25, -0.2) is 0 Å². The van der Waals surface area contributed by atoms with Crippen molar-refractivity contribution in [2.24, 2.45) is 0 Å². The monoisotopic (exact) mass is 497 g/mol. The molecule has 2 aromatic heterocycles. The molecule has 7 nitrogen and oxygen atoms in total. The van der Waals surface area contributed by atoms with Crippen LogP contribution < -0.4 is 10.1 Å². The molecule has 3 aromatic carbocycles. The normalized spacial score (nSPS) is 11.1. The number of carbonyl (C=O) groups excluding carboxylic acids is 1. The molecule has 5 rings (SSSR count). The van der Waals surface area contributed by atoms with Crippen molar-refractivity contribution in [3.05, 3.63) is 90.1 Å². The number of amides is 1. The van der Waals surface area contributed by atoms with Gasteiger partial charge in [0.1, 0.15) is 5.75 Å². The average Bonchev–Trinajstić information content (AvgIpc) is 3.52. The summed E-state index contributed by atoms with van der Waals surface area (Å²) in [7, 11) is 1.64. The van der Waals surface area contributed by atoms with Gasteiger partial charge in [-0.05, 0) is 49.2 Å². The van der Waals surface area contributed by atoms with Crippen molar-refractivity contribution in [1.82, 2.24) is 25.1 Å². The summed E-state index contributed by atoms with van der Waals surface area (Å²) in [5.74, 6) is 1.57. The molecule has 8 heteroatoms. The second kappa shape index (κ2) is 10.7. The SMILES string of the molecule is COc1ccccc1-c1nnc(SCC(=O)NCCc2c[nH]c3ccccc23)n1-c1ccc(C)cc1. The fourth-order valence-corrected chi connectivity index (χ4v) is 4.93. The van der Waals surface area contributed by atoms with E-state index in [1.807, 2.05) is 78.4 Å². The van der Waals surface area contributed by atoms with Gasteiger partial charge in [-0.3, -0.25) is 9.36 Å². The topological polar surface area (TPSA) is 84.8 Å². The summed E-state index contributed by atoms with van der Waals surface area (Å²) in [4.78, 5) is 15.9. The van der Waals surface area contributed by atoms with Crippen LogP contribution in [0.25, 0.3) is 28.0 Å². The van der Waals surface area contributed by atoms with Crippen LogP contribution >= 0.6 is 11.8 Å². The minimum atomic E-state index is -0.0443. The van der Waals surface area contributed by atoms with E-state index in [1.54, 1.807) is 7.11 Å². The van der Waals surface area contributed by atoms with Crippen molar-refractivity contribution < 1.29 is 9.53 Å². The number of H-pyrrole nitrogens is 1. The molecule has 0 unspecified atom stereocenters. The molecule has 182 valence electrons. The van der Waals surface area contributed by atoms with Crippen molar-refractivity contribution in [1.29, 1.82) is 0 Å². The van der Waals surface area contributed by atoms with Gasteiger partial charge in [0.2, 0.25) is 5.91 Å². The Morgan fingerprint density at radius 3 is 2.64 bits per heavy atom. The number of thioether (sulfide) groups is 1. The van der Waals surface area contributed by atoms with Gasteiger partial charge < -0.3 is 15.0 Å². The predicted octanol–water partition coefficient (Wildman–Crippen LogP) is 5.18. The van der Waals surface area contributed by atoms with Gasteiger partial charge in [0, 0.05) is 29.3 Å². The number of benzene rings is 3. The van der Waals surface area contributed by atoms with Crippen LogP contribution in [0.1, 0.15) is 11.1 Å². The Labute approximate surface area is 213 Å². The molecule has 0 aliphatic carbocycles. The molecule has 36 heavy (non-hydrogen) atoms. The van der Waals surface area contributed by atoms with Gasteiger partial charge in [0.25, 0.3) is 0 Å². The van der Waals surface area contributed by atoms with Crippen LogP contribution in [-0.2, 0) is 11.2 Å². The highest BCUT2D eigenvalue weighted by Gasteiger charge is 2.19. The number of aromatic nitrogens is 4. The van der Waals surface area contributed by atoms with Crippen LogP contribution in [0.3, 0.4) is 0 Å². The Morgan fingerprint density at radius 1 is 1.03 bits per heavy atom. The maximum Gasteiger partial charge on any atom is 0.230 e. The molecule has 0 fully saturated rings. The van der Waals surface area contributed by atoms with Gasteiger partial charge in [-0.2, -0.15) is 0 Å². The molecule has 2 N–H and O–H groups in total. The number of rotatable bonds is 9. The minimum absolute atomic E-state index is 0.0443. The molecule has 5 aromatic rings. The summed E-state index contributed by atoms with van der Waals surface area (Å²) >= 11 is 1.36. The number of carbonyl (C=O) groups is 1. The fraction of sp³-hybridized carbons (Fsp3) is 0.179. The van der Waals surface area contributed by atoms with Crippen LogP contribution in [0.2, 0.25) is 0 Å². The zero-order valence-electron chi connectivity index (χ0n) is 20.2. The number of methoxy groups -OCH3 is 1. The smallest absolute Gasteiger partial charge is 0.230 e. The maximum absolute atomic E-state index is 12.7. The minimum Gasteiger partial charge on any atom is -0.496 e. The lowest BCUT2D eigenvalue weighted by Gasteiger charge is -2.12. The molecule has 0 atom stereocenters. The van der Waals surface area contributed by atoms with Crippen LogP contribution in [-0.4, -0.2) is 45.1 Å². The van der Waals surface area contributed by atoms with E-state index in [4.69, 9.17) is 4.74 Å². The third kappa shape index (κ3) is 4.99. The number of aromatic amines is 1. The van der Waals surface area contributed by atoms with E-state index in [-0.39, 0.29) is 11.7 Å². The summed E-state index contributed by atoms with van der Waals surface area (Å²) in [6.07, 6.45) is 2.77. The molecule has 0 radical (unpaired) electrons. The number of aryl methyl sites for hydroxylation is 1. The molecule has 2 heterocycles. The Bertz CT molecular complexity index is 1490. The molecule has 0 spiro atoms. The highest BCUT2D eigenvalue weighted by atomic mass is 32.2. The number of hydrogen-bond donors (Lipinski definition) is 2. The second-order valence-corrected chi connectivity index (χ2v) is 9.37. The lowest BCUT2D eigenvalue weighted by Crippen LogP contribution is -2.27. The highest BCUT2D eigenvalue weighted by molar-refractivity contribution is 7.99. The maximum atomic E-state index is 12.7. The van der Waals surface area contributed by atoms with Gasteiger partial charge in [-0.15, -0.1) is 10.2 Å². The van der Waals surface area contributed by atoms with E-state index in [0.717, 1.165) is 28.8 Å². The Balaban J connectivity index is 1.30. The zero-order valence-corrected chi connectivity index (χ0v) is 21.0. The molecular weight excluding hydrogens is 470 g/mol. The summed E-state index contributed by atoms with van der Waals surface area (Å²) in [6.45, 7) is 2.62. The van der Waals surface area contributed by atoms with Crippen LogP contribution in [0.15, 0.2) is 84.1 Å². The van der Waals surface area contributed by atoms with Gasteiger partial charge in [-0.1, -0.05) is 59.8 Å². The lowest BCUT2D eigenvalue weighted by atomic mass is 10.1. The first-order chi connectivity index (χ1) is 17.6. The van der Waals surface area contributed by atoms with Gasteiger partial charge in [0.15, 0.2) is 11.0 Å². The van der Waals surface area contributed by atoms with E-state index in [9.17, 15) is 4.79 Å². The number of hydrogen-bond acceptors (Lipinski definition) is 5. The van der Waals surface area contributed by atoms with Crippen molar-refractivity contribution >= 4 is 28.6 Å². The highest BCUT2D eigenvalue weighted by Crippen LogP contribution is 2.33. The standard InChI is InChI=1S/C28H27N5O2S/c1-19-11-13-21(14-12-19)33-27(23-8-4-6-10-25(23)35-2)31-32-28(33)36-18-26(34)29-16-15-20-17-30-24-9-5-3-7-22(20)24/h3-14,17,30H,15-16,18H2,1-2H3,(H,29,34). The summed E-state index contributed by atoms with van der Waals surface area (Å²) in [5.41, 5.74) is 5.22. The number of fused-ring (bicyclic) bond motifs is 1. The van der Waals surface area contributed by atoms with Crippen molar-refractivity contribution in [2.45, 2.75) is 18.5 Å². The summed E-state index contributed by atoms with van der Waals surface area (Å²) in [6, 6.07) is 24.1. The number of para-hydroxylation sites is 2. The third-order valence-electron chi connectivity index (χ3n) is 6.00. The average molecular weight is 498 g/mol. The van der Waals surface area contributed by atoms with E-state index in [1.165, 1.54) is 22.7 Å². The quantitative estimate of drug-likeness (QED) is 0.274. The van der Waals surface area contributed by atoms with Gasteiger partial charge >= 0.3 is 0 Å². The first-order valence-electron chi connectivity index (χ1n) is 11.7. The first kappa shape index (κ1) is 23.7. The number of nitrogens with zero attached hydrogens (tertiary/aromatic N) is 3. The van der Waals surface area contributed by atoms with E-state index >= 15 is 0 Å².